The van der Waals surface area contributed by atoms with E-state index in [9.17, 15) is 4.79 Å². The van der Waals surface area contributed by atoms with Crippen molar-refractivity contribution < 1.29 is 4.79 Å². The third kappa shape index (κ3) is 3.64. The summed E-state index contributed by atoms with van der Waals surface area (Å²) < 4.78 is 0.944. The van der Waals surface area contributed by atoms with Gasteiger partial charge in [-0.2, -0.15) is 0 Å². The summed E-state index contributed by atoms with van der Waals surface area (Å²) in [6.45, 7) is 0. The Bertz CT molecular complexity index is 696. The van der Waals surface area contributed by atoms with Crippen LogP contribution in [0.4, 0.5) is 0 Å². The van der Waals surface area contributed by atoms with Crippen molar-refractivity contribution in [1.29, 1.82) is 0 Å². The molecule has 0 atom stereocenters. The van der Waals surface area contributed by atoms with Crippen molar-refractivity contribution in [3.05, 3.63) is 73.1 Å². The zero-order valence-electron chi connectivity index (χ0n) is 10.0. The van der Waals surface area contributed by atoms with Crippen molar-refractivity contribution in [3.63, 3.8) is 0 Å². The third-order valence-electron chi connectivity index (χ3n) is 2.58. The number of rotatable bonds is 3. The van der Waals surface area contributed by atoms with Gasteiger partial charge in [0, 0.05) is 10.0 Å². The van der Waals surface area contributed by atoms with Crippen molar-refractivity contribution in [3.8, 4) is 0 Å². The highest BCUT2D eigenvalue weighted by Crippen LogP contribution is 2.33. The maximum Gasteiger partial charge on any atom is 0.187 e. The Balaban J connectivity index is 2.27. The molecule has 102 valence electrons. The van der Waals surface area contributed by atoms with E-state index in [2.05, 4.69) is 15.9 Å². The van der Waals surface area contributed by atoms with Crippen LogP contribution in [0.3, 0.4) is 0 Å². The van der Waals surface area contributed by atoms with Gasteiger partial charge in [-0.15, -0.1) is 0 Å². The van der Waals surface area contributed by atoms with Crippen LogP contribution < -0.4 is 0 Å². The topological polar surface area (TPSA) is 17.1 Å². The van der Waals surface area contributed by atoms with Crippen molar-refractivity contribution >= 4 is 62.6 Å². The number of carbonyl (C=O) groups is 1. The average molecular weight is 390 g/mol. The van der Waals surface area contributed by atoms with Gasteiger partial charge >= 0.3 is 0 Å². The van der Waals surface area contributed by atoms with E-state index in [1.165, 1.54) is 6.08 Å². The van der Waals surface area contributed by atoms with Gasteiger partial charge in [0.2, 0.25) is 0 Å². The number of allylic oxidation sites excluding steroid dienone is 1. The molecule has 20 heavy (non-hydrogen) atoms. The molecule has 0 aliphatic carbocycles. The summed E-state index contributed by atoms with van der Waals surface area (Å²) >= 11 is 21.1. The van der Waals surface area contributed by atoms with Crippen LogP contribution in [-0.2, 0) is 0 Å². The lowest BCUT2D eigenvalue weighted by Gasteiger charge is -2.03. The van der Waals surface area contributed by atoms with Gasteiger partial charge in [-0.1, -0.05) is 68.9 Å². The fourth-order valence-electron chi connectivity index (χ4n) is 1.59. The monoisotopic (exact) mass is 388 g/mol. The summed E-state index contributed by atoms with van der Waals surface area (Å²) in [4.78, 5) is 12.1. The Labute approximate surface area is 140 Å². The van der Waals surface area contributed by atoms with Crippen molar-refractivity contribution in [2.75, 3.05) is 0 Å². The molecule has 0 aromatic heterocycles. The van der Waals surface area contributed by atoms with Crippen LogP contribution in [0.2, 0.25) is 15.1 Å². The summed E-state index contributed by atoms with van der Waals surface area (Å²) in [6, 6.07) is 10.7. The minimum Gasteiger partial charge on any atom is -0.289 e. The highest BCUT2D eigenvalue weighted by Gasteiger charge is 2.12. The van der Waals surface area contributed by atoms with Crippen LogP contribution in [0.5, 0.6) is 0 Å². The average Bonchev–Trinajstić information content (AvgIpc) is 2.42. The first-order valence-corrected chi connectivity index (χ1v) is 7.53. The maximum atomic E-state index is 12.1. The number of hydrogen-bond donors (Lipinski definition) is 0. The molecular weight excluding hydrogens is 382 g/mol. The Morgan fingerprint density at radius 1 is 1.05 bits per heavy atom. The molecular formula is C15H8BrCl3O. The van der Waals surface area contributed by atoms with E-state index in [-0.39, 0.29) is 15.8 Å². The van der Waals surface area contributed by atoms with Crippen LogP contribution >= 0.6 is 50.7 Å². The van der Waals surface area contributed by atoms with E-state index >= 15 is 0 Å². The lowest BCUT2D eigenvalue weighted by atomic mass is 10.1. The molecule has 0 bridgehead atoms. The SMILES string of the molecule is O=C(/C=C/c1cccc(Br)c1)c1ccc(Cl)c(Cl)c1Cl. The van der Waals surface area contributed by atoms with E-state index in [1.54, 1.807) is 18.2 Å². The lowest BCUT2D eigenvalue weighted by Crippen LogP contribution is -1.96. The first-order valence-electron chi connectivity index (χ1n) is 5.60. The van der Waals surface area contributed by atoms with Crippen LogP contribution in [0.15, 0.2) is 46.9 Å². The van der Waals surface area contributed by atoms with Gasteiger partial charge in [-0.25, -0.2) is 0 Å². The minimum atomic E-state index is -0.228. The Morgan fingerprint density at radius 3 is 2.50 bits per heavy atom. The highest BCUT2D eigenvalue weighted by molar-refractivity contribution is 9.10. The normalized spacial score (nSPS) is 11.0. The Hall–Kier alpha value is -0.800. The van der Waals surface area contributed by atoms with Gasteiger partial charge in [-0.05, 0) is 35.9 Å². The predicted octanol–water partition coefficient (Wildman–Crippen LogP) is 6.31. The predicted molar refractivity (Wildman–Crippen MR) is 89.0 cm³/mol. The van der Waals surface area contributed by atoms with E-state index in [4.69, 9.17) is 34.8 Å². The largest absolute Gasteiger partial charge is 0.289 e. The van der Waals surface area contributed by atoms with Crippen molar-refractivity contribution in [2.24, 2.45) is 0 Å². The van der Waals surface area contributed by atoms with Gasteiger partial charge < -0.3 is 0 Å². The number of halogens is 4. The summed E-state index contributed by atoms with van der Waals surface area (Å²) in [7, 11) is 0. The van der Waals surface area contributed by atoms with Gasteiger partial charge in [0.05, 0.1) is 15.1 Å². The van der Waals surface area contributed by atoms with Crippen molar-refractivity contribution in [1.82, 2.24) is 0 Å². The molecule has 0 spiro atoms. The first-order chi connectivity index (χ1) is 9.49. The molecule has 0 saturated heterocycles. The molecule has 0 radical (unpaired) electrons. The lowest BCUT2D eigenvalue weighted by molar-refractivity contribution is 0.104. The Kier molecular flexibility index (Phi) is 5.28. The molecule has 5 heteroatoms. The second kappa shape index (κ2) is 6.77. The number of benzene rings is 2. The van der Waals surface area contributed by atoms with Gasteiger partial charge in [0.25, 0.3) is 0 Å². The number of ketones is 1. The number of hydrogen-bond acceptors (Lipinski definition) is 1. The molecule has 2 rings (SSSR count). The first kappa shape index (κ1) is 15.6. The summed E-state index contributed by atoms with van der Waals surface area (Å²) in [5.41, 5.74) is 1.23. The molecule has 2 aromatic rings. The summed E-state index contributed by atoms with van der Waals surface area (Å²) in [5.74, 6) is -0.228. The van der Waals surface area contributed by atoms with Crippen LogP contribution in [0.1, 0.15) is 15.9 Å². The molecule has 0 heterocycles. The molecule has 0 saturated carbocycles. The maximum absolute atomic E-state index is 12.1. The molecule has 0 fully saturated rings. The van der Waals surface area contributed by atoms with E-state index in [0.717, 1.165) is 10.0 Å². The minimum absolute atomic E-state index is 0.169. The van der Waals surface area contributed by atoms with Crippen molar-refractivity contribution in [2.45, 2.75) is 0 Å². The molecule has 2 aromatic carbocycles. The van der Waals surface area contributed by atoms with Gasteiger partial charge in [-0.3, -0.25) is 4.79 Å². The third-order valence-corrected chi connectivity index (χ3v) is 4.36. The van der Waals surface area contributed by atoms with Crippen LogP contribution in [0.25, 0.3) is 6.08 Å². The van der Waals surface area contributed by atoms with Crippen LogP contribution in [0, 0.1) is 0 Å². The molecule has 0 unspecified atom stereocenters. The standard InChI is InChI=1S/C15H8BrCl3O/c16-10-3-1-2-9(8-10)4-7-13(20)11-5-6-12(17)15(19)14(11)18/h1-8H/b7-4+. The fraction of sp³-hybridized carbons (Fsp3) is 0. The smallest absolute Gasteiger partial charge is 0.187 e. The zero-order valence-corrected chi connectivity index (χ0v) is 13.9. The number of carbonyl (C=O) groups excluding carboxylic acids is 1. The summed E-state index contributed by atoms with van der Waals surface area (Å²) in [6.07, 6.45) is 3.17. The Morgan fingerprint density at radius 2 is 1.80 bits per heavy atom. The zero-order chi connectivity index (χ0) is 14.7. The second-order valence-electron chi connectivity index (χ2n) is 3.98. The molecule has 0 N–H and O–H groups in total. The van der Waals surface area contributed by atoms with Crippen LogP contribution in [-0.4, -0.2) is 5.78 Å². The van der Waals surface area contributed by atoms with Gasteiger partial charge in [0.15, 0.2) is 5.78 Å². The highest BCUT2D eigenvalue weighted by atomic mass is 79.9. The molecule has 1 nitrogen and oxygen atoms in total. The molecule has 0 aliphatic heterocycles. The van der Waals surface area contributed by atoms with Gasteiger partial charge in [0.1, 0.15) is 0 Å². The second-order valence-corrected chi connectivity index (χ2v) is 6.05. The quantitative estimate of drug-likeness (QED) is 0.341. The fourth-order valence-corrected chi connectivity index (χ4v) is 2.63. The van der Waals surface area contributed by atoms with E-state index in [0.29, 0.717) is 10.6 Å². The molecule has 0 aliphatic rings. The van der Waals surface area contributed by atoms with E-state index < -0.39 is 0 Å². The van der Waals surface area contributed by atoms with E-state index in [1.807, 2.05) is 24.3 Å². The summed E-state index contributed by atoms with van der Waals surface area (Å²) in [5, 5.41) is 0.683. The molecule has 0 amide bonds.